The molecule has 1 rings (SSSR count). The minimum absolute atomic E-state index is 0.0375. The Labute approximate surface area is 97.5 Å². The average molecular weight is 240 g/mol. The van der Waals surface area contributed by atoms with Crippen molar-refractivity contribution in [3.63, 3.8) is 0 Å². The summed E-state index contributed by atoms with van der Waals surface area (Å²) in [5, 5.41) is 13.4. The summed E-state index contributed by atoms with van der Waals surface area (Å²) in [5.41, 5.74) is -0.0891. The summed E-state index contributed by atoms with van der Waals surface area (Å²) >= 11 is 0. The van der Waals surface area contributed by atoms with Gasteiger partial charge in [-0.15, -0.1) is 0 Å². The fourth-order valence-electron chi connectivity index (χ4n) is 1.39. The molecule has 92 valence electrons. The van der Waals surface area contributed by atoms with Gasteiger partial charge in [-0.2, -0.15) is 0 Å². The quantitative estimate of drug-likeness (QED) is 0.637. The number of amides is 1. The molecule has 0 aliphatic heterocycles. The van der Waals surface area contributed by atoms with Crippen molar-refractivity contribution in [1.82, 2.24) is 0 Å². The van der Waals surface area contributed by atoms with Crippen LogP contribution in [-0.2, 0) is 4.79 Å². The van der Waals surface area contributed by atoms with Gasteiger partial charge in [0, 0.05) is 6.92 Å². The third kappa shape index (κ3) is 2.63. The SMILES string of the molecule is COc1ccc(NC(C)=O)c(OC)c1[N+](=O)[O-]. The molecule has 0 atom stereocenters. The molecule has 7 heteroatoms. The summed E-state index contributed by atoms with van der Waals surface area (Å²) in [4.78, 5) is 21.3. The van der Waals surface area contributed by atoms with E-state index in [0.717, 1.165) is 0 Å². The molecule has 17 heavy (non-hydrogen) atoms. The number of rotatable bonds is 4. The Hall–Kier alpha value is -2.31. The normalized spacial score (nSPS) is 9.59. The van der Waals surface area contributed by atoms with Gasteiger partial charge in [-0.3, -0.25) is 14.9 Å². The van der Waals surface area contributed by atoms with Crippen LogP contribution >= 0.6 is 0 Å². The first-order valence-electron chi connectivity index (χ1n) is 4.68. The number of hydrogen-bond acceptors (Lipinski definition) is 5. The van der Waals surface area contributed by atoms with E-state index in [1.54, 1.807) is 0 Å². The number of benzene rings is 1. The Kier molecular flexibility index (Phi) is 3.86. The molecule has 0 radical (unpaired) electrons. The second-order valence-corrected chi connectivity index (χ2v) is 3.14. The maximum atomic E-state index is 10.9. The van der Waals surface area contributed by atoms with Crippen molar-refractivity contribution in [2.45, 2.75) is 6.92 Å². The molecule has 0 aliphatic carbocycles. The highest BCUT2D eigenvalue weighted by Gasteiger charge is 2.25. The molecule has 0 spiro atoms. The molecule has 0 heterocycles. The first-order valence-corrected chi connectivity index (χ1v) is 4.68. The number of nitro benzene ring substituents is 1. The van der Waals surface area contributed by atoms with Crippen molar-refractivity contribution in [2.24, 2.45) is 0 Å². The lowest BCUT2D eigenvalue weighted by Gasteiger charge is -2.11. The topological polar surface area (TPSA) is 90.7 Å². The van der Waals surface area contributed by atoms with Crippen molar-refractivity contribution in [1.29, 1.82) is 0 Å². The predicted octanol–water partition coefficient (Wildman–Crippen LogP) is 1.57. The van der Waals surface area contributed by atoms with Crippen LogP contribution in [0.3, 0.4) is 0 Å². The Morgan fingerprint density at radius 3 is 2.41 bits per heavy atom. The minimum Gasteiger partial charge on any atom is -0.490 e. The summed E-state index contributed by atoms with van der Waals surface area (Å²) in [7, 11) is 2.60. The van der Waals surface area contributed by atoms with Crippen LogP contribution in [-0.4, -0.2) is 25.1 Å². The van der Waals surface area contributed by atoms with Crippen molar-refractivity contribution >= 4 is 17.3 Å². The number of anilines is 1. The van der Waals surface area contributed by atoms with Gasteiger partial charge in [0.25, 0.3) is 0 Å². The fraction of sp³-hybridized carbons (Fsp3) is 0.300. The smallest absolute Gasteiger partial charge is 0.354 e. The molecule has 0 aliphatic rings. The Morgan fingerprint density at radius 1 is 1.35 bits per heavy atom. The molecular weight excluding hydrogens is 228 g/mol. The van der Waals surface area contributed by atoms with Crippen LogP contribution in [0.4, 0.5) is 11.4 Å². The van der Waals surface area contributed by atoms with E-state index >= 15 is 0 Å². The van der Waals surface area contributed by atoms with E-state index in [4.69, 9.17) is 9.47 Å². The summed E-state index contributed by atoms with van der Waals surface area (Å²) in [5.74, 6) is -0.312. The number of nitrogens with one attached hydrogen (secondary N) is 1. The van der Waals surface area contributed by atoms with Crippen LogP contribution in [0.2, 0.25) is 0 Å². The van der Waals surface area contributed by atoms with Crippen molar-refractivity contribution in [3.05, 3.63) is 22.2 Å². The number of nitro groups is 1. The molecule has 1 aromatic rings. The highest BCUT2D eigenvalue weighted by molar-refractivity contribution is 5.92. The van der Waals surface area contributed by atoms with Crippen LogP contribution in [0.5, 0.6) is 11.5 Å². The lowest BCUT2D eigenvalue weighted by Crippen LogP contribution is -2.08. The second-order valence-electron chi connectivity index (χ2n) is 3.14. The molecule has 0 aromatic heterocycles. The van der Waals surface area contributed by atoms with Gasteiger partial charge in [0.05, 0.1) is 24.8 Å². The van der Waals surface area contributed by atoms with Crippen molar-refractivity contribution in [3.8, 4) is 11.5 Å². The monoisotopic (exact) mass is 240 g/mol. The zero-order valence-corrected chi connectivity index (χ0v) is 9.64. The zero-order chi connectivity index (χ0) is 13.0. The van der Waals surface area contributed by atoms with Gasteiger partial charge < -0.3 is 14.8 Å². The molecular formula is C10H12N2O5. The number of carbonyl (C=O) groups excluding carboxylic acids is 1. The highest BCUT2D eigenvalue weighted by Crippen LogP contribution is 2.42. The number of nitrogens with zero attached hydrogens (tertiary/aromatic N) is 1. The molecule has 0 fully saturated rings. The standard InChI is InChI=1S/C10H12N2O5/c1-6(13)11-7-4-5-8(16-2)9(12(14)15)10(7)17-3/h4-5H,1-3H3,(H,11,13). The molecule has 1 aromatic carbocycles. The lowest BCUT2D eigenvalue weighted by molar-refractivity contribution is -0.386. The first-order chi connectivity index (χ1) is 8.01. The average Bonchev–Trinajstić information content (AvgIpc) is 2.27. The van der Waals surface area contributed by atoms with Gasteiger partial charge in [0.15, 0.2) is 0 Å². The minimum atomic E-state index is -0.622. The maximum absolute atomic E-state index is 10.9. The van der Waals surface area contributed by atoms with Crippen LogP contribution < -0.4 is 14.8 Å². The molecule has 0 bridgehead atoms. The van der Waals surface area contributed by atoms with Crippen LogP contribution in [0, 0.1) is 10.1 Å². The van der Waals surface area contributed by atoms with E-state index in [9.17, 15) is 14.9 Å². The van der Waals surface area contributed by atoms with Gasteiger partial charge in [-0.25, -0.2) is 0 Å². The predicted molar refractivity (Wildman–Crippen MR) is 60.5 cm³/mol. The summed E-state index contributed by atoms with van der Waals surface area (Å²) in [6, 6.07) is 2.87. The summed E-state index contributed by atoms with van der Waals surface area (Å²) in [6.45, 7) is 1.30. The largest absolute Gasteiger partial charge is 0.490 e. The van der Waals surface area contributed by atoms with Gasteiger partial charge in [0.1, 0.15) is 0 Å². The van der Waals surface area contributed by atoms with E-state index in [1.807, 2.05) is 0 Å². The van der Waals surface area contributed by atoms with Crippen LogP contribution in [0.15, 0.2) is 12.1 Å². The molecule has 1 N–H and O–H groups in total. The van der Waals surface area contributed by atoms with Crippen molar-refractivity contribution in [2.75, 3.05) is 19.5 Å². The van der Waals surface area contributed by atoms with Gasteiger partial charge in [0.2, 0.25) is 17.4 Å². The van der Waals surface area contributed by atoms with E-state index in [-0.39, 0.29) is 28.8 Å². The van der Waals surface area contributed by atoms with E-state index in [0.29, 0.717) is 0 Å². The van der Waals surface area contributed by atoms with E-state index < -0.39 is 4.92 Å². The fourth-order valence-corrected chi connectivity index (χ4v) is 1.39. The second kappa shape index (κ2) is 5.15. The van der Waals surface area contributed by atoms with Crippen LogP contribution in [0.1, 0.15) is 6.92 Å². The highest BCUT2D eigenvalue weighted by atomic mass is 16.6. The molecule has 0 unspecified atom stereocenters. The first kappa shape index (κ1) is 12.8. The Balaban J connectivity index is 3.40. The summed E-state index contributed by atoms with van der Waals surface area (Å²) in [6.07, 6.45) is 0. The third-order valence-corrected chi connectivity index (χ3v) is 2.01. The molecule has 0 saturated carbocycles. The van der Waals surface area contributed by atoms with Crippen molar-refractivity contribution < 1.29 is 19.2 Å². The maximum Gasteiger partial charge on any atom is 0.354 e. The van der Waals surface area contributed by atoms with Gasteiger partial charge >= 0.3 is 5.69 Å². The Bertz CT molecular complexity index is 458. The number of carbonyl (C=O) groups is 1. The number of hydrogen-bond donors (Lipinski definition) is 1. The molecule has 0 saturated heterocycles. The summed E-state index contributed by atoms with van der Waals surface area (Å²) < 4.78 is 9.82. The molecule has 1 amide bonds. The zero-order valence-electron chi connectivity index (χ0n) is 9.64. The van der Waals surface area contributed by atoms with E-state index in [2.05, 4.69) is 5.32 Å². The van der Waals surface area contributed by atoms with Gasteiger partial charge in [-0.05, 0) is 12.1 Å². The Morgan fingerprint density at radius 2 is 2.00 bits per heavy atom. The lowest BCUT2D eigenvalue weighted by atomic mass is 10.2. The number of methoxy groups -OCH3 is 2. The molecule has 7 nitrogen and oxygen atoms in total. The van der Waals surface area contributed by atoms with E-state index in [1.165, 1.54) is 33.3 Å². The third-order valence-electron chi connectivity index (χ3n) is 2.01. The number of ether oxygens (including phenoxy) is 2. The van der Waals surface area contributed by atoms with Gasteiger partial charge in [-0.1, -0.05) is 0 Å². The van der Waals surface area contributed by atoms with Crippen LogP contribution in [0.25, 0.3) is 0 Å².